The Morgan fingerprint density at radius 1 is 1.26 bits per heavy atom. The van der Waals surface area contributed by atoms with Gasteiger partial charge in [-0.2, -0.15) is 5.26 Å². The van der Waals surface area contributed by atoms with Crippen LogP contribution in [0.1, 0.15) is 5.56 Å². The van der Waals surface area contributed by atoms with Crippen molar-refractivity contribution in [2.45, 2.75) is 0 Å². The molecule has 3 rings (SSSR count). The van der Waals surface area contributed by atoms with Crippen LogP contribution in [0, 0.1) is 11.3 Å². The van der Waals surface area contributed by atoms with Crippen molar-refractivity contribution in [2.24, 2.45) is 0 Å². The predicted octanol–water partition coefficient (Wildman–Crippen LogP) is 1.09. The molecule has 0 bridgehead atoms. The van der Waals surface area contributed by atoms with Crippen LogP contribution in [0.5, 0.6) is 0 Å². The standard InChI is InChI=1S/C13H7N3O3/c14-5-7-10(15)9-11(17)6-3-1-2-4-8(6)19-13(9)16-12(7)18/h1-4H,(H3,15,16,18). The zero-order valence-electron chi connectivity index (χ0n) is 9.56. The maximum Gasteiger partial charge on any atom is 0.270 e. The number of nitrogens with one attached hydrogen (secondary N) is 1. The molecule has 6 nitrogen and oxygen atoms in total. The second-order valence-corrected chi connectivity index (χ2v) is 3.99. The highest BCUT2D eigenvalue weighted by molar-refractivity contribution is 5.96. The van der Waals surface area contributed by atoms with Gasteiger partial charge in [-0.1, -0.05) is 12.1 Å². The van der Waals surface area contributed by atoms with Crippen LogP contribution < -0.4 is 16.7 Å². The van der Waals surface area contributed by atoms with Gasteiger partial charge in [-0.05, 0) is 12.1 Å². The first-order valence-corrected chi connectivity index (χ1v) is 5.41. The number of nitriles is 1. The van der Waals surface area contributed by atoms with Crippen molar-refractivity contribution in [2.75, 3.05) is 5.73 Å². The van der Waals surface area contributed by atoms with Crippen LogP contribution >= 0.6 is 0 Å². The minimum absolute atomic E-state index is 0.0230. The minimum atomic E-state index is -0.675. The SMILES string of the molecule is N#Cc1c(N)c2c(=O)c3ccccc3oc2[nH]c1=O. The molecule has 0 unspecified atom stereocenters. The van der Waals surface area contributed by atoms with E-state index in [0.717, 1.165) is 0 Å². The molecule has 3 aromatic rings. The Bertz CT molecular complexity index is 976. The van der Waals surface area contributed by atoms with Crippen LogP contribution in [0.15, 0.2) is 38.3 Å². The monoisotopic (exact) mass is 253 g/mol. The van der Waals surface area contributed by atoms with Crippen molar-refractivity contribution in [3.05, 3.63) is 50.4 Å². The molecule has 0 atom stereocenters. The predicted molar refractivity (Wildman–Crippen MR) is 69.7 cm³/mol. The molecule has 2 aromatic heterocycles. The average Bonchev–Trinajstić information content (AvgIpc) is 2.39. The number of aromatic amines is 1. The fourth-order valence-electron chi connectivity index (χ4n) is 2.00. The Morgan fingerprint density at radius 2 is 2.00 bits per heavy atom. The normalized spacial score (nSPS) is 10.7. The maximum atomic E-state index is 12.3. The molecule has 1 aromatic carbocycles. The van der Waals surface area contributed by atoms with Gasteiger partial charge >= 0.3 is 0 Å². The zero-order chi connectivity index (χ0) is 13.6. The van der Waals surface area contributed by atoms with E-state index in [1.807, 2.05) is 0 Å². The number of hydrogen-bond donors (Lipinski definition) is 2. The first kappa shape index (κ1) is 11.0. The molecule has 0 saturated carbocycles. The van der Waals surface area contributed by atoms with E-state index in [-0.39, 0.29) is 27.8 Å². The van der Waals surface area contributed by atoms with E-state index >= 15 is 0 Å². The largest absolute Gasteiger partial charge is 0.439 e. The number of aromatic nitrogens is 1. The van der Waals surface area contributed by atoms with Crippen molar-refractivity contribution >= 4 is 27.8 Å². The Hall–Kier alpha value is -3.07. The molecule has 0 radical (unpaired) electrons. The first-order chi connectivity index (χ1) is 9.13. The quantitative estimate of drug-likeness (QED) is 0.582. The summed E-state index contributed by atoms with van der Waals surface area (Å²) < 4.78 is 5.44. The smallest absolute Gasteiger partial charge is 0.270 e. The lowest BCUT2D eigenvalue weighted by Gasteiger charge is -2.04. The molecule has 0 aliphatic heterocycles. The summed E-state index contributed by atoms with van der Waals surface area (Å²) in [7, 11) is 0. The van der Waals surface area contributed by atoms with Gasteiger partial charge in [0.2, 0.25) is 11.1 Å². The number of nitrogen functional groups attached to an aromatic ring is 1. The molecule has 0 aliphatic rings. The highest BCUT2D eigenvalue weighted by Gasteiger charge is 2.16. The Morgan fingerprint density at radius 3 is 2.74 bits per heavy atom. The number of anilines is 1. The second kappa shape index (κ2) is 3.71. The summed E-state index contributed by atoms with van der Waals surface area (Å²) in [5, 5.41) is 9.25. The van der Waals surface area contributed by atoms with Crippen LogP contribution in [0.25, 0.3) is 22.1 Å². The number of fused-ring (bicyclic) bond motifs is 2. The first-order valence-electron chi connectivity index (χ1n) is 5.41. The van der Waals surface area contributed by atoms with Gasteiger partial charge in [-0.15, -0.1) is 0 Å². The van der Waals surface area contributed by atoms with Crippen molar-refractivity contribution in [3.8, 4) is 6.07 Å². The van der Waals surface area contributed by atoms with E-state index in [9.17, 15) is 9.59 Å². The number of rotatable bonds is 0. The van der Waals surface area contributed by atoms with Gasteiger partial charge in [-0.3, -0.25) is 14.6 Å². The summed E-state index contributed by atoms with van der Waals surface area (Å²) in [4.78, 5) is 26.3. The molecular formula is C13H7N3O3. The molecule has 3 N–H and O–H groups in total. The van der Waals surface area contributed by atoms with Gasteiger partial charge in [-0.25, -0.2) is 0 Å². The van der Waals surface area contributed by atoms with Crippen LogP contribution in [0.4, 0.5) is 5.69 Å². The molecule has 2 heterocycles. The van der Waals surface area contributed by atoms with E-state index in [0.29, 0.717) is 11.0 Å². The Labute approximate surface area is 105 Å². The molecule has 0 spiro atoms. The number of nitrogens with zero attached hydrogens (tertiary/aromatic N) is 1. The number of hydrogen-bond acceptors (Lipinski definition) is 5. The van der Waals surface area contributed by atoms with E-state index in [1.165, 1.54) is 0 Å². The third kappa shape index (κ3) is 1.42. The number of nitrogens with two attached hydrogens (primary N) is 1. The highest BCUT2D eigenvalue weighted by atomic mass is 16.3. The summed E-state index contributed by atoms with van der Waals surface area (Å²) >= 11 is 0. The van der Waals surface area contributed by atoms with E-state index in [2.05, 4.69) is 4.98 Å². The number of pyridine rings is 1. The molecule has 19 heavy (non-hydrogen) atoms. The van der Waals surface area contributed by atoms with Gasteiger partial charge in [0, 0.05) is 0 Å². The van der Waals surface area contributed by atoms with Crippen LogP contribution in [-0.2, 0) is 0 Å². The topological polar surface area (TPSA) is 113 Å². The third-order valence-electron chi connectivity index (χ3n) is 2.90. The molecule has 0 aliphatic carbocycles. The maximum absolute atomic E-state index is 12.3. The lowest BCUT2D eigenvalue weighted by molar-refractivity contribution is 0.643. The van der Waals surface area contributed by atoms with Gasteiger partial charge in [0.25, 0.3) is 5.56 Å². The molecular weight excluding hydrogens is 246 g/mol. The Kier molecular flexibility index (Phi) is 2.16. The summed E-state index contributed by atoms with van der Waals surface area (Å²) in [5.41, 5.74) is 4.56. The van der Waals surface area contributed by atoms with Crippen LogP contribution in [0.2, 0.25) is 0 Å². The number of para-hydroxylation sites is 1. The van der Waals surface area contributed by atoms with Gasteiger partial charge < -0.3 is 10.2 Å². The fraction of sp³-hybridized carbons (Fsp3) is 0. The molecule has 0 saturated heterocycles. The van der Waals surface area contributed by atoms with Crippen molar-refractivity contribution in [1.82, 2.24) is 4.98 Å². The van der Waals surface area contributed by atoms with Crippen molar-refractivity contribution in [3.63, 3.8) is 0 Å². The third-order valence-corrected chi connectivity index (χ3v) is 2.90. The average molecular weight is 253 g/mol. The number of H-pyrrole nitrogens is 1. The molecule has 6 heteroatoms. The number of benzene rings is 1. The van der Waals surface area contributed by atoms with E-state index in [4.69, 9.17) is 15.4 Å². The second-order valence-electron chi connectivity index (χ2n) is 3.99. The van der Waals surface area contributed by atoms with E-state index in [1.54, 1.807) is 30.3 Å². The fourth-order valence-corrected chi connectivity index (χ4v) is 2.00. The summed E-state index contributed by atoms with van der Waals surface area (Å²) in [5.74, 6) is 0. The van der Waals surface area contributed by atoms with Crippen molar-refractivity contribution in [1.29, 1.82) is 5.26 Å². The van der Waals surface area contributed by atoms with E-state index < -0.39 is 5.56 Å². The lowest BCUT2D eigenvalue weighted by atomic mass is 10.1. The summed E-state index contributed by atoms with van der Waals surface area (Å²) in [6, 6.07) is 8.29. The minimum Gasteiger partial charge on any atom is -0.439 e. The van der Waals surface area contributed by atoms with Gasteiger partial charge in [0.15, 0.2) is 0 Å². The van der Waals surface area contributed by atoms with Crippen molar-refractivity contribution < 1.29 is 4.42 Å². The van der Waals surface area contributed by atoms with Crippen LogP contribution in [-0.4, -0.2) is 4.98 Å². The Balaban J connectivity index is 2.69. The van der Waals surface area contributed by atoms with Crippen LogP contribution in [0.3, 0.4) is 0 Å². The molecule has 0 fully saturated rings. The highest BCUT2D eigenvalue weighted by Crippen LogP contribution is 2.21. The lowest BCUT2D eigenvalue weighted by Crippen LogP contribution is -2.17. The van der Waals surface area contributed by atoms with Gasteiger partial charge in [0.1, 0.15) is 22.6 Å². The van der Waals surface area contributed by atoms with Gasteiger partial charge in [0.05, 0.1) is 11.1 Å². The molecule has 92 valence electrons. The zero-order valence-corrected chi connectivity index (χ0v) is 9.56. The summed E-state index contributed by atoms with van der Waals surface area (Å²) in [6.45, 7) is 0. The summed E-state index contributed by atoms with van der Waals surface area (Å²) in [6.07, 6.45) is 0. The molecule has 0 amide bonds.